The summed E-state index contributed by atoms with van der Waals surface area (Å²) < 4.78 is 0. The van der Waals surface area contributed by atoms with E-state index in [2.05, 4.69) is 20.6 Å². The normalized spacial score (nSPS) is 10.8. The van der Waals surface area contributed by atoms with Crippen molar-refractivity contribution in [2.24, 2.45) is 4.99 Å². The second kappa shape index (κ2) is 10.2. The molecule has 2 aromatic rings. The van der Waals surface area contributed by atoms with Crippen molar-refractivity contribution in [3.05, 3.63) is 56.0 Å². The summed E-state index contributed by atoms with van der Waals surface area (Å²) in [5.74, 6) is 0.607. The van der Waals surface area contributed by atoms with E-state index in [0.717, 1.165) is 17.1 Å². The van der Waals surface area contributed by atoms with Crippen LogP contribution < -0.4 is 10.6 Å². The minimum Gasteiger partial charge on any atom is -0.356 e. The summed E-state index contributed by atoms with van der Waals surface area (Å²) in [6, 6.07) is 6.67. The Labute approximate surface area is 161 Å². The minimum absolute atomic E-state index is 0. The maximum absolute atomic E-state index is 11.0. The Morgan fingerprint density at radius 3 is 2.75 bits per heavy atom. The summed E-state index contributed by atoms with van der Waals surface area (Å²) in [4.78, 5) is 19.1. The molecule has 0 spiro atoms. The van der Waals surface area contributed by atoms with Gasteiger partial charge < -0.3 is 10.6 Å². The minimum atomic E-state index is -0.377. The van der Waals surface area contributed by atoms with Gasteiger partial charge in [0, 0.05) is 43.6 Å². The van der Waals surface area contributed by atoms with Crippen molar-refractivity contribution in [1.82, 2.24) is 15.6 Å². The van der Waals surface area contributed by atoms with Crippen LogP contribution in [0.5, 0.6) is 0 Å². The molecule has 2 rings (SSSR count). The highest BCUT2D eigenvalue weighted by molar-refractivity contribution is 14.0. The van der Waals surface area contributed by atoms with Crippen molar-refractivity contribution in [1.29, 1.82) is 0 Å². The smallest absolute Gasteiger partial charge is 0.274 e. The van der Waals surface area contributed by atoms with E-state index in [4.69, 9.17) is 0 Å². The molecule has 7 nitrogen and oxygen atoms in total. The summed E-state index contributed by atoms with van der Waals surface area (Å²) in [5, 5.41) is 20.4. The predicted molar refractivity (Wildman–Crippen MR) is 107 cm³/mol. The van der Waals surface area contributed by atoms with Gasteiger partial charge in [-0.15, -0.1) is 35.3 Å². The molecule has 0 radical (unpaired) electrons. The Morgan fingerprint density at radius 1 is 1.38 bits per heavy atom. The Hall–Kier alpha value is -1.75. The van der Waals surface area contributed by atoms with Crippen LogP contribution in [0.15, 0.2) is 34.6 Å². The number of thiazole rings is 1. The van der Waals surface area contributed by atoms with E-state index >= 15 is 0 Å². The van der Waals surface area contributed by atoms with Crippen LogP contribution in [0.1, 0.15) is 16.3 Å². The Balaban J connectivity index is 0.00000288. The first-order valence-corrected chi connectivity index (χ1v) is 8.06. The van der Waals surface area contributed by atoms with Crippen molar-refractivity contribution in [3.8, 4) is 0 Å². The fourth-order valence-corrected chi connectivity index (χ4v) is 2.72. The van der Waals surface area contributed by atoms with Crippen LogP contribution >= 0.6 is 35.3 Å². The molecule has 9 heteroatoms. The van der Waals surface area contributed by atoms with Crippen LogP contribution in [0, 0.1) is 17.0 Å². The van der Waals surface area contributed by atoms with Gasteiger partial charge in [0.15, 0.2) is 5.96 Å². The molecular formula is C15H20IN5O2S. The molecule has 0 amide bonds. The molecular weight excluding hydrogens is 441 g/mol. The standard InChI is InChI=1S/C15H19N5O2S.HI/c1-11-19-13(10-23-11)7-8-17-15(16-2)18-9-12-5-3-4-6-14(12)20(21)22;/h3-6,10H,7-9H2,1-2H3,(H2,16,17,18);1H. The molecule has 0 bridgehead atoms. The number of hydrogen-bond acceptors (Lipinski definition) is 5. The first-order valence-electron chi connectivity index (χ1n) is 7.18. The van der Waals surface area contributed by atoms with Crippen molar-refractivity contribution < 1.29 is 4.92 Å². The van der Waals surface area contributed by atoms with Gasteiger partial charge in [-0.05, 0) is 6.92 Å². The third kappa shape index (κ3) is 6.04. The number of para-hydroxylation sites is 1. The zero-order valence-corrected chi connectivity index (χ0v) is 16.6. The van der Waals surface area contributed by atoms with E-state index in [9.17, 15) is 10.1 Å². The Kier molecular flexibility index (Phi) is 8.61. The molecule has 0 aliphatic carbocycles. The molecule has 0 fully saturated rings. The molecule has 0 unspecified atom stereocenters. The number of rotatable bonds is 6. The largest absolute Gasteiger partial charge is 0.356 e. The van der Waals surface area contributed by atoms with E-state index in [0.29, 0.717) is 24.6 Å². The van der Waals surface area contributed by atoms with Crippen molar-refractivity contribution >= 4 is 47.0 Å². The lowest BCUT2D eigenvalue weighted by Crippen LogP contribution is -2.38. The van der Waals surface area contributed by atoms with Crippen LogP contribution in [0.3, 0.4) is 0 Å². The van der Waals surface area contributed by atoms with Crippen molar-refractivity contribution in [2.75, 3.05) is 13.6 Å². The molecule has 0 atom stereocenters. The highest BCUT2D eigenvalue weighted by Gasteiger charge is 2.12. The monoisotopic (exact) mass is 461 g/mol. The van der Waals surface area contributed by atoms with Gasteiger partial charge in [0.05, 0.1) is 15.6 Å². The summed E-state index contributed by atoms with van der Waals surface area (Å²) in [6.07, 6.45) is 0.802. The van der Waals surface area contributed by atoms with E-state index < -0.39 is 0 Å². The Morgan fingerprint density at radius 2 is 2.12 bits per heavy atom. The number of halogens is 1. The molecule has 0 saturated heterocycles. The molecule has 24 heavy (non-hydrogen) atoms. The second-order valence-electron chi connectivity index (χ2n) is 4.85. The lowest BCUT2D eigenvalue weighted by atomic mass is 10.2. The van der Waals surface area contributed by atoms with Crippen LogP contribution in [0.4, 0.5) is 5.69 Å². The molecule has 1 heterocycles. The van der Waals surface area contributed by atoms with E-state index in [-0.39, 0.29) is 34.6 Å². The summed E-state index contributed by atoms with van der Waals surface area (Å²) >= 11 is 1.63. The molecule has 2 N–H and O–H groups in total. The summed E-state index contributed by atoms with van der Waals surface area (Å²) in [5.41, 5.74) is 1.78. The lowest BCUT2D eigenvalue weighted by Gasteiger charge is -2.11. The van der Waals surface area contributed by atoms with Crippen LogP contribution in [-0.4, -0.2) is 29.5 Å². The van der Waals surface area contributed by atoms with E-state index in [1.807, 2.05) is 12.3 Å². The molecule has 0 aliphatic rings. The number of nitro benzene ring substituents is 1. The zero-order valence-electron chi connectivity index (χ0n) is 13.5. The van der Waals surface area contributed by atoms with E-state index in [1.165, 1.54) is 6.07 Å². The highest BCUT2D eigenvalue weighted by Crippen LogP contribution is 2.16. The molecule has 0 saturated carbocycles. The molecule has 1 aromatic heterocycles. The molecule has 1 aromatic carbocycles. The van der Waals surface area contributed by atoms with Gasteiger partial charge in [0.1, 0.15) is 0 Å². The average Bonchev–Trinajstić information content (AvgIpc) is 2.96. The third-order valence-electron chi connectivity index (χ3n) is 3.20. The van der Waals surface area contributed by atoms with Gasteiger partial charge in [0.25, 0.3) is 5.69 Å². The topological polar surface area (TPSA) is 92.5 Å². The number of aromatic nitrogens is 1. The SMILES string of the molecule is CN=C(NCCc1csc(C)n1)NCc1ccccc1[N+](=O)[O-].I. The number of nitrogens with one attached hydrogen (secondary N) is 2. The molecule has 0 aliphatic heterocycles. The lowest BCUT2D eigenvalue weighted by molar-refractivity contribution is -0.385. The van der Waals surface area contributed by atoms with Gasteiger partial charge in [0.2, 0.25) is 0 Å². The maximum atomic E-state index is 11.0. The van der Waals surface area contributed by atoms with Crippen LogP contribution in [0.2, 0.25) is 0 Å². The third-order valence-corrected chi connectivity index (χ3v) is 4.02. The first-order chi connectivity index (χ1) is 11.1. The van der Waals surface area contributed by atoms with Gasteiger partial charge in [-0.25, -0.2) is 4.98 Å². The number of aryl methyl sites for hydroxylation is 1. The van der Waals surface area contributed by atoms with Crippen LogP contribution in [-0.2, 0) is 13.0 Å². The summed E-state index contributed by atoms with van der Waals surface area (Å²) in [7, 11) is 1.67. The fourth-order valence-electron chi connectivity index (χ4n) is 2.07. The number of benzene rings is 1. The first kappa shape index (κ1) is 20.3. The second-order valence-corrected chi connectivity index (χ2v) is 5.91. The maximum Gasteiger partial charge on any atom is 0.274 e. The number of hydrogen-bond donors (Lipinski definition) is 2. The highest BCUT2D eigenvalue weighted by atomic mass is 127. The van der Waals surface area contributed by atoms with Crippen molar-refractivity contribution in [3.63, 3.8) is 0 Å². The quantitative estimate of drug-likeness (QED) is 0.227. The number of guanidine groups is 1. The predicted octanol–water partition coefficient (Wildman–Crippen LogP) is 2.89. The van der Waals surface area contributed by atoms with Gasteiger partial charge in [-0.1, -0.05) is 18.2 Å². The number of nitrogens with zero attached hydrogens (tertiary/aromatic N) is 3. The zero-order chi connectivity index (χ0) is 16.7. The van der Waals surface area contributed by atoms with Gasteiger partial charge in [-0.3, -0.25) is 15.1 Å². The van der Waals surface area contributed by atoms with Gasteiger partial charge in [-0.2, -0.15) is 0 Å². The fraction of sp³-hybridized carbons (Fsp3) is 0.333. The average molecular weight is 461 g/mol. The Bertz CT molecular complexity index is 705. The number of aliphatic imine (C=N–C) groups is 1. The van der Waals surface area contributed by atoms with Crippen molar-refractivity contribution in [2.45, 2.75) is 19.9 Å². The number of nitro groups is 1. The van der Waals surface area contributed by atoms with E-state index in [1.54, 1.807) is 36.6 Å². The molecule has 130 valence electrons. The summed E-state index contributed by atoms with van der Waals surface area (Å²) in [6.45, 7) is 3.02. The van der Waals surface area contributed by atoms with Crippen LogP contribution in [0.25, 0.3) is 0 Å². The van der Waals surface area contributed by atoms with Gasteiger partial charge >= 0.3 is 0 Å².